The lowest BCUT2D eigenvalue weighted by Gasteiger charge is -2.27. The second kappa shape index (κ2) is 5.57. The van der Waals surface area contributed by atoms with Crippen LogP contribution in [0.25, 0.3) is 0 Å². The normalized spacial score (nSPS) is 18.7. The number of hydrogen-bond acceptors (Lipinski definition) is 5. The van der Waals surface area contributed by atoms with Gasteiger partial charge in [-0.25, -0.2) is 0 Å². The number of ether oxygens (including phenoxy) is 2. The number of imide groups is 1. The molecule has 0 aliphatic carbocycles. The van der Waals surface area contributed by atoms with Gasteiger partial charge in [0.2, 0.25) is 0 Å². The number of aliphatic carboxylic acids is 1. The largest absolute Gasteiger partial charge is 0.481 e. The average molecular weight is 231 g/mol. The van der Waals surface area contributed by atoms with Gasteiger partial charge in [-0.2, -0.15) is 0 Å². The van der Waals surface area contributed by atoms with Gasteiger partial charge in [0.05, 0.1) is 19.1 Å². The van der Waals surface area contributed by atoms with Gasteiger partial charge in [0.25, 0.3) is 11.8 Å². The number of carboxylic acid groups (broad SMARTS) is 1. The molecule has 1 unspecified atom stereocenters. The van der Waals surface area contributed by atoms with Crippen molar-refractivity contribution < 1.29 is 29.0 Å². The number of amides is 2. The van der Waals surface area contributed by atoms with Crippen molar-refractivity contribution in [2.45, 2.75) is 12.5 Å². The van der Waals surface area contributed by atoms with Crippen LogP contribution in [-0.2, 0) is 23.9 Å². The van der Waals surface area contributed by atoms with Gasteiger partial charge in [0.1, 0.15) is 13.2 Å². The van der Waals surface area contributed by atoms with Crippen molar-refractivity contribution in [3.8, 4) is 0 Å². The summed E-state index contributed by atoms with van der Waals surface area (Å²) in [7, 11) is 1.34. The smallest absolute Gasteiger partial charge is 0.306 e. The summed E-state index contributed by atoms with van der Waals surface area (Å²) >= 11 is 0. The highest BCUT2D eigenvalue weighted by Gasteiger charge is 2.29. The zero-order valence-corrected chi connectivity index (χ0v) is 8.84. The molecule has 0 bridgehead atoms. The van der Waals surface area contributed by atoms with Gasteiger partial charge in [-0.1, -0.05) is 0 Å². The first kappa shape index (κ1) is 12.6. The third-order valence-corrected chi connectivity index (χ3v) is 2.18. The summed E-state index contributed by atoms with van der Waals surface area (Å²) in [5.74, 6) is -1.98. The van der Waals surface area contributed by atoms with Crippen molar-refractivity contribution in [2.24, 2.45) is 0 Å². The molecule has 0 spiro atoms. The van der Waals surface area contributed by atoms with Crippen LogP contribution in [0.15, 0.2) is 0 Å². The highest BCUT2D eigenvalue weighted by atomic mass is 16.5. The minimum atomic E-state index is -1.04. The molecule has 2 amide bonds. The molecule has 0 aromatic heterocycles. The molecule has 1 fully saturated rings. The molecular weight excluding hydrogens is 218 g/mol. The first-order chi connectivity index (χ1) is 7.54. The lowest BCUT2D eigenvalue weighted by atomic mass is 10.2. The Bertz CT molecular complexity index is 286. The molecule has 1 heterocycles. The summed E-state index contributed by atoms with van der Waals surface area (Å²) in [5.41, 5.74) is 0. The Kier molecular flexibility index (Phi) is 4.39. The van der Waals surface area contributed by atoms with E-state index in [0.717, 1.165) is 4.90 Å². The van der Waals surface area contributed by atoms with Crippen LogP contribution in [0.3, 0.4) is 0 Å². The number of rotatable bonds is 5. The quantitative estimate of drug-likeness (QED) is 0.601. The Morgan fingerprint density at radius 3 is 2.50 bits per heavy atom. The molecule has 7 heteroatoms. The molecule has 1 N–H and O–H groups in total. The molecule has 1 saturated heterocycles. The molecule has 90 valence electrons. The molecule has 16 heavy (non-hydrogen) atoms. The maximum atomic E-state index is 11.3. The van der Waals surface area contributed by atoms with E-state index < -0.39 is 23.9 Å². The number of nitrogens with zero attached hydrogens (tertiary/aromatic N) is 1. The first-order valence-electron chi connectivity index (χ1n) is 4.70. The summed E-state index contributed by atoms with van der Waals surface area (Å²) in [6.45, 7) is -0.367. The van der Waals surface area contributed by atoms with Gasteiger partial charge in [-0.15, -0.1) is 0 Å². The SMILES string of the molecule is COC(CC(=O)O)CN1C(=O)COCC1=O. The van der Waals surface area contributed by atoms with E-state index in [1.165, 1.54) is 7.11 Å². The molecule has 1 aliphatic heterocycles. The number of carbonyl (C=O) groups excluding carboxylic acids is 2. The Morgan fingerprint density at radius 1 is 1.50 bits per heavy atom. The minimum absolute atomic E-state index is 0.0518. The molecule has 1 rings (SSSR count). The van der Waals surface area contributed by atoms with Gasteiger partial charge >= 0.3 is 5.97 Å². The molecule has 0 aromatic rings. The number of methoxy groups -OCH3 is 1. The first-order valence-corrected chi connectivity index (χ1v) is 4.70. The Hall–Kier alpha value is -1.47. The topological polar surface area (TPSA) is 93.1 Å². The number of hydrogen-bond donors (Lipinski definition) is 1. The van der Waals surface area contributed by atoms with Crippen LogP contribution >= 0.6 is 0 Å². The molecular formula is C9H13NO6. The van der Waals surface area contributed by atoms with Crippen molar-refractivity contribution in [2.75, 3.05) is 26.9 Å². The van der Waals surface area contributed by atoms with Crippen LogP contribution in [0, 0.1) is 0 Å². The predicted octanol–water partition coefficient (Wildman–Crippen LogP) is -1.14. The molecule has 1 aliphatic rings. The third kappa shape index (κ3) is 3.28. The fourth-order valence-electron chi connectivity index (χ4n) is 1.35. The molecule has 7 nitrogen and oxygen atoms in total. The van der Waals surface area contributed by atoms with Crippen molar-refractivity contribution >= 4 is 17.8 Å². The van der Waals surface area contributed by atoms with E-state index in [-0.39, 0.29) is 26.2 Å². The highest BCUT2D eigenvalue weighted by Crippen LogP contribution is 2.06. The van der Waals surface area contributed by atoms with Crippen molar-refractivity contribution in [3.63, 3.8) is 0 Å². The van der Waals surface area contributed by atoms with Crippen molar-refractivity contribution in [1.29, 1.82) is 0 Å². The summed E-state index contributed by atoms with van der Waals surface area (Å²) in [5, 5.41) is 8.58. The fraction of sp³-hybridized carbons (Fsp3) is 0.667. The van der Waals surface area contributed by atoms with Gasteiger partial charge in [-0.3, -0.25) is 19.3 Å². The summed E-state index contributed by atoms with van der Waals surface area (Å²) < 4.78 is 9.62. The lowest BCUT2D eigenvalue weighted by Crippen LogP contribution is -2.49. The van der Waals surface area contributed by atoms with E-state index in [9.17, 15) is 14.4 Å². The standard InChI is InChI=1S/C9H13NO6/c1-15-6(2-9(13)14)3-10-7(11)4-16-5-8(10)12/h6H,2-5H2,1H3,(H,13,14). The fourth-order valence-corrected chi connectivity index (χ4v) is 1.35. The maximum Gasteiger partial charge on any atom is 0.306 e. The van der Waals surface area contributed by atoms with Crippen LogP contribution < -0.4 is 0 Å². The average Bonchev–Trinajstić information content (AvgIpc) is 2.21. The van der Waals surface area contributed by atoms with Gasteiger partial charge in [0, 0.05) is 7.11 Å². The second-order valence-electron chi connectivity index (χ2n) is 3.35. The predicted molar refractivity (Wildman–Crippen MR) is 50.6 cm³/mol. The highest BCUT2D eigenvalue weighted by molar-refractivity contribution is 5.98. The maximum absolute atomic E-state index is 11.3. The van der Waals surface area contributed by atoms with Gasteiger partial charge in [0.15, 0.2) is 0 Å². The molecule has 0 radical (unpaired) electrons. The van der Waals surface area contributed by atoms with Crippen LogP contribution in [0.2, 0.25) is 0 Å². The van der Waals surface area contributed by atoms with E-state index in [4.69, 9.17) is 14.6 Å². The van der Waals surface area contributed by atoms with E-state index in [1.807, 2.05) is 0 Å². The van der Waals surface area contributed by atoms with Gasteiger partial charge in [-0.05, 0) is 0 Å². The summed E-state index contributed by atoms with van der Waals surface area (Å²) in [6.07, 6.45) is -0.947. The molecule has 0 saturated carbocycles. The summed E-state index contributed by atoms with van der Waals surface area (Å²) in [4.78, 5) is 34.1. The minimum Gasteiger partial charge on any atom is -0.481 e. The Labute approximate surface area is 91.9 Å². The van der Waals surface area contributed by atoms with Crippen LogP contribution in [0.4, 0.5) is 0 Å². The molecule has 0 aromatic carbocycles. The Morgan fingerprint density at radius 2 is 2.06 bits per heavy atom. The van der Waals surface area contributed by atoms with Crippen LogP contribution in [0.1, 0.15) is 6.42 Å². The van der Waals surface area contributed by atoms with Crippen molar-refractivity contribution in [3.05, 3.63) is 0 Å². The van der Waals surface area contributed by atoms with E-state index in [0.29, 0.717) is 0 Å². The van der Waals surface area contributed by atoms with Crippen LogP contribution in [-0.4, -0.2) is 60.8 Å². The molecule has 1 atom stereocenters. The Balaban J connectivity index is 2.58. The third-order valence-electron chi connectivity index (χ3n) is 2.18. The zero-order chi connectivity index (χ0) is 12.1. The van der Waals surface area contributed by atoms with Crippen molar-refractivity contribution in [1.82, 2.24) is 4.90 Å². The number of morpholine rings is 1. The monoisotopic (exact) mass is 231 g/mol. The second-order valence-corrected chi connectivity index (χ2v) is 3.35. The number of carboxylic acids is 1. The van der Waals surface area contributed by atoms with Crippen LogP contribution in [0.5, 0.6) is 0 Å². The lowest BCUT2D eigenvalue weighted by molar-refractivity contribution is -0.161. The van der Waals surface area contributed by atoms with E-state index in [2.05, 4.69) is 0 Å². The zero-order valence-electron chi connectivity index (χ0n) is 8.84. The number of carbonyl (C=O) groups is 3. The van der Waals surface area contributed by atoms with E-state index in [1.54, 1.807) is 0 Å². The van der Waals surface area contributed by atoms with E-state index >= 15 is 0 Å². The summed E-state index contributed by atoms with van der Waals surface area (Å²) in [6, 6.07) is 0. The van der Waals surface area contributed by atoms with Gasteiger partial charge < -0.3 is 14.6 Å².